The molecule has 0 unspecified atom stereocenters. The number of carboxylic acid groups (broad SMARTS) is 1. The molecule has 0 heterocycles. The van der Waals surface area contributed by atoms with Gasteiger partial charge in [0.2, 0.25) is 0 Å². The normalized spacial score (nSPS) is 24.1. The third-order valence-electron chi connectivity index (χ3n) is 1.53. The molecular weight excluding hydrogens is 128 g/mol. The van der Waals surface area contributed by atoms with E-state index in [1.54, 1.807) is 0 Å². The summed E-state index contributed by atoms with van der Waals surface area (Å²) in [4.78, 5) is 9.28. The summed E-state index contributed by atoms with van der Waals surface area (Å²) in [5.41, 5.74) is 0. The fourth-order valence-corrected chi connectivity index (χ4v) is 0.968. The van der Waals surface area contributed by atoms with Crippen LogP contribution in [-0.2, 0) is 4.79 Å². The molecule has 0 amide bonds. The first-order chi connectivity index (χ1) is 3.65. The first kappa shape index (κ1) is 5.89. The van der Waals surface area contributed by atoms with Crippen LogP contribution < -0.4 is 0 Å². The van der Waals surface area contributed by atoms with Gasteiger partial charge in [0, 0.05) is 0 Å². The van der Waals surface area contributed by atoms with E-state index in [-0.39, 0.29) is 0 Å². The molecule has 0 aromatic heterocycles. The van der Waals surface area contributed by atoms with Crippen LogP contribution >= 0.6 is 11.6 Å². The van der Waals surface area contributed by atoms with Gasteiger partial charge in [-0.15, -0.1) is 11.6 Å². The molecule has 0 radical (unpaired) electrons. The zero-order valence-electron chi connectivity index (χ0n) is 4.35. The molecule has 1 aliphatic rings. The van der Waals surface area contributed by atoms with Gasteiger partial charge in [-0.25, -0.2) is 0 Å². The van der Waals surface area contributed by atoms with Gasteiger partial charge in [-0.3, -0.25) is 4.79 Å². The summed E-state index contributed by atoms with van der Waals surface area (Å²) in [7, 11) is 0. The molecule has 0 saturated heterocycles. The van der Waals surface area contributed by atoms with Gasteiger partial charge in [0.05, 0.1) is 0 Å². The smallest absolute Gasteiger partial charge is 0.324 e. The second kappa shape index (κ2) is 1.62. The van der Waals surface area contributed by atoms with Crippen molar-refractivity contribution in [3.63, 3.8) is 0 Å². The van der Waals surface area contributed by atoms with E-state index in [4.69, 9.17) is 16.7 Å². The van der Waals surface area contributed by atoms with E-state index < -0.39 is 10.8 Å². The molecule has 0 aromatic rings. The molecule has 0 aromatic carbocycles. The van der Waals surface area contributed by atoms with E-state index in [0.29, 0.717) is 12.8 Å². The van der Waals surface area contributed by atoms with E-state index in [1.165, 1.54) is 0 Å². The van der Waals surface area contributed by atoms with Gasteiger partial charge in [0.1, 0.15) is 4.87 Å². The zero-order chi connectivity index (χ0) is 6.20. The highest BCUT2D eigenvalue weighted by atomic mass is 35.5. The second-order valence-corrected chi connectivity index (χ2v) is 2.85. The lowest BCUT2D eigenvalue weighted by Gasteiger charge is -2.30. The monoisotopic (exact) mass is 134 g/mol. The average Bonchev–Trinajstić information content (AvgIpc) is 1.60. The number of alkyl halides is 1. The average molecular weight is 135 g/mol. The Hall–Kier alpha value is -0.240. The fourth-order valence-electron chi connectivity index (χ4n) is 0.701. The van der Waals surface area contributed by atoms with Gasteiger partial charge in [-0.05, 0) is 19.3 Å². The third kappa shape index (κ3) is 0.689. The Labute approximate surface area is 52.5 Å². The number of carbonyl (C=O) groups is 1. The topological polar surface area (TPSA) is 37.3 Å². The highest BCUT2D eigenvalue weighted by Gasteiger charge is 2.42. The first-order valence-corrected chi connectivity index (χ1v) is 2.95. The molecule has 1 rings (SSSR count). The van der Waals surface area contributed by atoms with Crippen molar-refractivity contribution in [2.75, 3.05) is 0 Å². The molecule has 1 fully saturated rings. The van der Waals surface area contributed by atoms with Crippen molar-refractivity contribution in [1.82, 2.24) is 0 Å². The Morgan fingerprint density at radius 3 is 2.12 bits per heavy atom. The molecule has 3 heteroatoms. The van der Waals surface area contributed by atoms with E-state index in [2.05, 4.69) is 0 Å². The van der Waals surface area contributed by atoms with E-state index in [0.717, 1.165) is 6.42 Å². The molecule has 46 valence electrons. The number of hydrogen-bond donors (Lipinski definition) is 1. The van der Waals surface area contributed by atoms with Crippen molar-refractivity contribution >= 4 is 17.6 Å². The maximum atomic E-state index is 10.2. The van der Waals surface area contributed by atoms with E-state index in [1.807, 2.05) is 0 Å². The molecule has 1 aliphatic carbocycles. The van der Waals surface area contributed by atoms with Gasteiger partial charge >= 0.3 is 5.97 Å². The standard InChI is InChI=1S/C5H7ClO2/c6-5(4(7)8)2-1-3-5/h1-3H2,(H,7,8). The van der Waals surface area contributed by atoms with Crippen molar-refractivity contribution in [2.24, 2.45) is 0 Å². The first-order valence-electron chi connectivity index (χ1n) is 2.57. The number of carboxylic acids is 1. The summed E-state index contributed by atoms with van der Waals surface area (Å²) < 4.78 is 0. The van der Waals surface area contributed by atoms with Crippen molar-refractivity contribution in [3.8, 4) is 0 Å². The van der Waals surface area contributed by atoms with Gasteiger partial charge in [0.15, 0.2) is 0 Å². The maximum Gasteiger partial charge on any atom is 0.324 e. The van der Waals surface area contributed by atoms with Crippen molar-refractivity contribution in [1.29, 1.82) is 0 Å². The molecule has 1 N–H and O–H groups in total. The van der Waals surface area contributed by atoms with Crippen LogP contribution in [0.5, 0.6) is 0 Å². The summed E-state index contributed by atoms with van der Waals surface area (Å²) in [5.74, 6) is -0.870. The highest BCUT2D eigenvalue weighted by molar-refractivity contribution is 6.34. The summed E-state index contributed by atoms with van der Waals surface area (Å²) in [6.07, 6.45) is 2.21. The summed E-state index contributed by atoms with van der Waals surface area (Å²) in [5, 5.41) is 8.36. The van der Waals surface area contributed by atoms with E-state index >= 15 is 0 Å². The summed E-state index contributed by atoms with van der Waals surface area (Å²) in [6.45, 7) is 0. The molecule has 0 spiro atoms. The number of hydrogen-bond acceptors (Lipinski definition) is 1. The summed E-state index contributed by atoms with van der Waals surface area (Å²) >= 11 is 5.54. The Bertz CT molecular complexity index is 118. The van der Waals surface area contributed by atoms with Crippen LogP contribution in [0.3, 0.4) is 0 Å². The lowest BCUT2D eigenvalue weighted by Crippen LogP contribution is -2.39. The SMILES string of the molecule is O=C(O)C1(Cl)CCC1. The second-order valence-electron chi connectivity index (χ2n) is 2.12. The van der Waals surface area contributed by atoms with Gasteiger partial charge in [-0.1, -0.05) is 0 Å². The Balaban J connectivity index is 2.53. The molecule has 2 nitrogen and oxygen atoms in total. The quantitative estimate of drug-likeness (QED) is 0.548. The maximum absolute atomic E-state index is 10.2. The zero-order valence-corrected chi connectivity index (χ0v) is 5.11. The van der Waals surface area contributed by atoms with Crippen molar-refractivity contribution < 1.29 is 9.90 Å². The number of halogens is 1. The Morgan fingerprint density at radius 2 is 2.12 bits per heavy atom. The predicted molar refractivity (Wildman–Crippen MR) is 30.1 cm³/mol. The highest BCUT2D eigenvalue weighted by Crippen LogP contribution is 2.38. The Morgan fingerprint density at radius 1 is 1.62 bits per heavy atom. The van der Waals surface area contributed by atoms with Crippen molar-refractivity contribution in [3.05, 3.63) is 0 Å². The minimum Gasteiger partial charge on any atom is -0.480 e. The van der Waals surface area contributed by atoms with Gasteiger partial charge < -0.3 is 5.11 Å². The van der Waals surface area contributed by atoms with Crippen LogP contribution in [-0.4, -0.2) is 16.0 Å². The minimum atomic E-state index is -0.889. The largest absolute Gasteiger partial charge is 0.480 e. The minimum absolute atomic E-state index is 0.629. The molecule has 0 bridgehead atoms. The van der Waals surface area contributed by atoms with E-state index in [9.17, 15) is 4.79 Å². The molecule has 0 atom stereocenters. The molecule has 1 saturated carbocycles. The number of aliphatic carboxylic acids is 1. The van der Waals surface area contributed by atoms with Crippen LogP contribution in [0, 0.1) is 0 Å². The summed E-state index contributed by atoms with van der Waals surface area (Å²) in [6, 6.07) is 0. The predicted octanol–water partition coefficient (Wildman–Crippen LogP) is 1.23. The molecule has 8 heavy (non-hydrogen) atoms. The van der Waals surface area contributed by atoms with Crippen LogP contribution in [0.1, 0.15) is 19.3 Å². The lowest BCUT2D eigenvalue weighted by atomic mass is 9.85. The Kier molecular flexibility index (Phi) is 1.19. The number of rotatable bonds is 1. The van der Waals surface area contributed by atoms with Gasteiger partial charge in [0.25, 0.3) is 0 Å². The van der Waals surface area contributed by atoms with Gasteiger partial charge in [-0.2, -0.15) is 0 Å². The lowest BCUT2D eigenvalue weighted by molar-refractivity contribution is -0.142. The van der Waals surface area contributed by atoms with Crippen LogP contribution in [0.15, 0.2) is 0 Å². The van der Waals surface area contributed by atoms with Crippen molar-refractivity contribution in [2.45, 2.75) is 24.1 Å². The fraction of sp³-hybridized carbons (Fsp3) is 0.800. The molecule has 0 aliphatic heterocycles. The van der Waals surface area contributed by atoms with Crippen LogP contribution in [0.2, 0.25) is 0 Å². The molecular formula is C5H7ClO2. The van der Waals surface area contributed by atoms with Crippen LogP contribution in [0.4, 0.5) is 0 Å². The van der Waals surface area contributed by atoms with Crippen LogP contribution in [0.25, 0.3) is 0 Å². The third-order valence-corrected chi connectivity index (χ3v) is 2.07.